The molecule has 2 aromatic rings. The van der Waals surface area contributed by atoms with Crippen molar-refractivity contribution < 1.29 is 9.53 Å². The number of primary amides is 1. The van der Waals surface area contributed by atoms with Gasteiger partial charge in [0, 0.05) is 24.4 Å². The zero-order valence-corrected chi connectivity index (χ0v) is 27.5. The third-order valence-corrected chi connectivity index (χ3v) is 7.04. The first-order valence-electron chi connectivity index (χ1n) is 15.3. The van der Waals surface area contributed by atoms with Gasteiger partial charge in [-0.1, -0.05) is 69.7 Å². The van der Waals surface area contributed by atoms with E-state index in [1.807, 2.05) is 6.20 Å². The number of aryl methyl sites for hydroxylation is 2. The summed E-state index contributed by atoms with van der Waals surface area (Å²) in [5, 5.41) is 0. The minimum Gasteiger partial charge on any atom is -0.496 e. The van der Waals surface area contributed by atoms with Crippen molar-refractivity contribution in [1.82, 2.24) is 14.9 Å². The maximum atomic E-state index is 10.4. The molecule has 7 nitrogen and oxygen atoms in total. The van der Waals surface area contributed by atoms with Gasteiger partial charge in [-0.15, -0.1) is 0 Å². The van der Waals surface area contributed by atoms with E-state index in [-0.39, 0.29) is 5.91 Å². The number of imidazole rings is 1. The summed E-state index contributed by atoms with van der Waals surface area (Å²) in [6, 6.07) is 8.39. The van der Waals surface area contributed by atoms with E-state index in [4.69, 9.17) is 10.5 Å². The zero-order valence-electron chi connectivity index (χ0n) is 26.6. The number of hydrogen-bond donors (Lipinski definition) is 3. The van der Waals surface area contributed by atoms with Crippen molar-refractivity contribution in [1.29, 1.82) is 0 Å². The van der Waals surface area contributed by atoms with Crippen molar-refractivity contribution in [3.63, 3.8) is 0 Å². The molecule has 236 valence electrons. The Balaban J connectivity index is 0.000000470. The molecular formula is C35H53N5O2S. The molecule has 0 spiro atoms. The van der Waals surface area contributed by atoms with E-state index in [1.165, 1.54) is 55.9 Å². The number of rotatable bonds is 15. The van der Waals surface area contributed by atoms with Gasteiger partial charge in [0.2, 0.25) is 5.91 Å². The fraction of sp³-hybridized carbons (Fsp3) is 0.457. The highest BCUT2D eigenvalue weighted by molar-refractivity contribution is 7.80. The number of nitrogens with two attached hydrogens (primary N) is 1. The second-order valence-electron chi connectivity index (χ2n) is 10.2. The van der Waals surface area contributed by atoms with E-state index in [0.717, 1.165) is 61.0 Å². The van der Waals surface area contributed by atoms with E-state index in [2.05, 4.69) is 95.9 Å². The zero-order chi connectivity index (χ0) is 31.7. The molecule has 0 radical (unpaired) electrons. The number of H-pyrrole nitrogens is 1. The van der Waals surface area contributed by atoms with Crippen LogP contribution in [0.15, 0.2) is 72.7 Å². The number of unbranched alkanes of at least 4 members (excludes halogenated alkanes) is 3. The Kier molecular flexibility index (Phi) is 21.1. The molecule has 0 bridgehead atoms. The van der Waals surface area contributed by atoms with Crippen molar-refractivity contribution in [3.8, 4) is 0 Å². The van der Waals surface area contributed by atoms with E-state index in [0.29, 0.717) is 6.54 Å². The summed E-state index contributed by atoms with van der Waals surface area (Å²) in [6.45, 7) is 13.5. The van der Waals surface area contributed by atoms with Gasteiger partial charge in [0.25, 0.3) is 0 Å². The lowest BCUT2D eigenvalue weighted by atomic mass is 10.0. The summed E-state index contributed by atoms with van der Waals surface area (Å²) in [7, 11) is 1.73. The molecule has 1 aliphatic heterocycles. The lowest BCUT2D eigenvalue weighted by Crippen LogP contribution is -2.37. The number of likely N-dealkylation sites (tertiary alicyclic amines) is 1. The quantitative estimate of drug-likeness (QED) is 0.0639. The van der Waals surface area contributed by atoms with Gasteiger partial charge in [-0.2, -0.15) is 12.6 Å². The van der Waals surface area contributed by atoms with Gasteiger partial charge in [-0.05, 0) is 81.1 Å². The Morgan fingerprint density at radius 2 is 1.88 bits per heavy atom. The highest BCUT2D eigenvalue weighted by Crippen LogP contribution is 2.27. The molecule has 43 heavy (non-hydrogen) atoms. The van der Waals surface area contributed by atoms with Crippen LogP contribution in [-0.2, 0) is 16.0 Å². The summed E-state index contributed by atoms with van der Waals surface area (Å²) < 4.78 is 5.69. The van der Waals surface area contributed by atoms with Gasteiger partial charge >= 0.3 is 0 Å². The van der Waals surface area contributed by atoms with Crippen LogP contribution >= 0.6 is 12.6 Å². The van der Waals surface area contributed by atoms with E-state index >= 15 is 0 Å². The molecule has 1 aromatic heterocycles. The fourth-order valence-electron chi connectivity index (χ4n) is 4.52. The average molecular weight is 608 g/mol. The largest absolute Gasteiger partial charge is 0.496 e. The van der Waals surface area contributed by atoms with Crippen LogP contribution in [-0.4, -0.2) is 59.5 Å². The third kappa shape index (κ3) is 16.8. The number of allylic oxidation sites excluding steroid dienone is 3. The number of benzene rings is 1. The van der Waals surface area contributed by atoms with Crippen LogP contribution in [0.4, 0.5) is 0 Å². The number of piperidine rings is 1. The molecule has 1 aliphatic rings. The lowest BCUT2D eigenvalue weighted by Gasteiger charge is -2.24. The first-order valence-corrected chi connectivity index (χ1v) is 16.0. The number of aromatic amines is 1. The van der Waals surface area contributed by atoms with Crippen LogP contribution in [0.25, 0.3) is 11.6 Å². The van der Waals surface area contributed by atoms with Crippen LogP contribution in [0.2, 0.25) is 0 Å². The average Bonchev–Trinajstić information content (AvgIpc) is 3.48. The molecule has 0 atom stereocenters. The number of carbonyl (C=O) groups excluding carboxylic acids is 1. The molecule has 3 N–H and O–H groups in total. The molecule has 0 saturated carbocycles. The maximum absolute atomic E-state index is 10.4. The van der Waals surface area contributed by atoms with Gasteiger partial charge in [0.05, 0.1) is 25.5 Å². The molecule has 1 amide bonds. The smallest absolute Gasteiger partial charge is 0.231 e. The Hall–Kier alpha value is -3.36. The Morgan fingerprint density at radius 3 is 2.47 bits per heavy atom. The summed E-state index contributed by atoms with van der Waals surface area (Å²) in [5.41, 5.74) is 9.52. The first-order chi connectivity index (χ1) is 20.9. The summed E-state index contributed by atoms with van der Waals surface area (Å²) >= 11 is 4.27. The molecular weight excluding hydrogens is 554 g/mol. The Labute approximate surface area is 265 Å². The summed E-state index contributed by atoms with van der Waals surface area (Å²) in [5.74, 6) is 2.69. The number of nitrogens with zero attached hydrogens (tertiary/aromatic N) is 3. The standard InChI is InChI=1S/C23H32N2OS.C7H14N2O.C5H7N/c1-4-11-22(26-3)20(16-19-13-9-8-12-18(19)2)21-17-24-23(25-21)14-7-5-6-10-15-27;8-7(10)6-9-4-2-1-3-5-9;1-3-5-6-4-2/h8-9,11-13,16-17,27H,4-7,10,14-15H2,1-3H3,(H,24,25);1-6H2,(H2,8,10);3-5H,1-2H2/b20-16-,22-11-;;. The van der Waals surface area contributed by atoms with Crippen molar-refractivity contribution in [3.05, 3.63) is 90.4 Å². The highest BCUT2D eigenvalue weighted by Gasteiger charge is 2.13. The van der Waals surface area contributed by atoms with Crippen molar-refractivity contribution in [2.24, 2.45) is 10.7 Å². The molecule has 0 aliphatic carbocycles. The second kappa shape index (κ2) is 24.1. The number of aromatic nitrogens is 2. The van der Waals surface area contributed by atoms with Crippen molar-refractivity contribution in [2.75, 3.05) is 32.5 Å². The van der Waals surface area contributed by atoms with Crippen LogP contribution in [0.5, 0.6) is 0 Å². The molecule has 1 aromatic carbocycles. The first kappa shape index (κ1) is 37.7. The van der Waals surface area contributed by atoms with E-state index in [1.54, 1.807) is 19.4 Å². The van der Waals surface area contributed by atoms with Gasteiger partial charge in [-0.3, -0.25) is 14.7 Å². The summed E-state index contributed by atoms with van der Waals surface area (Å²) in [4.78, 5) is 24.3. The van der Waals surface area contributed by atoms with Crippen molar-refractivity contribution in [2.45, 2.75) is 71.6 Å². The topological polar surface area (TPSA) is 96.6 Å². The minimum absolute atomic E-state index is 0.207. The van der Waals surface area contributed by atoms with Gasteiger partial charge < -0.3 is 15.5 Å². The Bertz CT molecular complexity index is 1150. The number of hydrogen-bond acceptors (Lipinski definition) is 6. The van der Waals surface area contributed by atoms with Crippen LogP contribution in [0, 0.1) is 6.92 Å². The molecule has 1 saturated heterocycles. The number of carbonyl (C=O) groups is 1. The molecule has 2 heterocycles. The molecule has 1 fully saturated rings. The number of nitrogens with one attached hydrogen (secondary N) is 1. The minimum atomic E-state index is -0.207. The Morgan fingerprint density at radius 1 is 1.16 bits per heavy atom. The predicted molar refractivity (Wildman–Crippen MR) is 187 cm³/mol. The molecule has 3 rings (SSSR count). The highest BCUT2D eigenvalue weighted by atomic mass is 32.1. The predicted octanol–water partition coefficient (Wildman–Crippen LogP) is 7.58. The number of amides is 1. The number of thiol groups is 1. The van der Waals surface area contributed by atoms with Gasteiger partial charge in [-0.25, -0.2) is 4.98 Å². The monoisotopic (exact) mass is 607 g/mol. The van der Waals surface area contributed by atoms with Crippen LogP contribution in [0.1, 0.15) is 80.9 Å². The van der Waals surface area contributed by atoms with Gasteiger partial charge in [0.15, 0.2) is 0 Å². The molecule has 8 heteroatoms. The third-order valence-electron chi connectivity index (χ3n) is 6.73. The van der Waals surface area contributed by atoms with Crippen LogP contribution in [0.3, 0.4) is 0 Å². The van der Waals surface area contributed by atoms with E-state index < -0.39 is 0 Å². The summed E-state index contributed by atoms with van der Waals surface area (Å²) in [6.07, 6.45) is 21.3. The molecule has 0 unspecified atom stereocenters. The fourth-order valence-corrected chi connectivity index (χ4v) is 4.74. The maximum Gasteiger partial charge on any atom is 0.231 e. The van der Waals surface area contributed by atoms with Gasteiger partial charge in [0.1, 0.15) is 11.6 Å². The van der Waals surface area contributed by atoms with Crippen molar-refractivity contribution >= 4 is 36.4 Å². The number of methoxy groups -OCH3 is 1. The SMILES string of the molecule is C=CC=NC=C.CC/C=C(OC)/C(=C\c1ccccc1C)c1cnc(CCCCCCS)[nH]1.NC(=O)CN1CCCCC1. The number of ether oxygens (including phenoxy) is 1. The normalized spacial score (nSPS) is 13.9. The van der Waals surface area contributed by atoms with E-state index in [9.17, 15) is 4.79 Å². The van der Waals surface area contributed by atoms with Crippen LogP contribution < -0.4 is 5.73 Å². The lowest BCUT2D eigenvalue weighted by molar-refractivity contribution is -0.119. The number of aliphatic imine (C=N–C) groups is 1. The second-order valence-corrected chi connectivity index (χ2v) is 10.7.